The second-order valence-electron chi connectivity index (χ2n) is 2.12. The van der Waals surface area contributed by atoms with E-state index in [-0.39, 0.29) is 12.6 Å². The minimum Gasteiger partial charge on any atom is -0.465 e. The van der Waals surface area contributed by atoms with Gasteiger partial charge in [-0.1, -0.05) is 0 Å². The van der Waals surface area contributed by atoms with Crippen LogP contribution in [0.5, 0.6) is 0 Å². The van der Waals surface area contributed by atoms with Crippen molar-refractivity contribution in [1.82, 2.24) is 4.90 Å². The number of hydrogen-bond donors (Lipinski definition) is 2. The van der Waals surface area contributed by atoms with Gasteiger partial charge in [0.15, 0.2) is 0 Å². The first-order chi connectivity index (χ1) is 6.16. The zero-order chi connectivity index (χ0) is 9.84. The molecule has 0 bridgehead atoms. The second kappa shape index (κ2) is 3.78. The fraction of sp³-hybridized carbons (Fsp3) is 0.429. The lowest BCUT2D eigenvalue weighted by molar-refractivity contribution is -0.153. The Balaban J connectivity index is 2.72. The highest BCUT2D eigenvalue weighted by Gasteiger charge is 2.29. The van der Waals surface area contributed by atoms with Crippen LogP contribution < -0.4 is 0 Å². The maximum atomic E-state index is 10.7. The fourth-order valence-corrected chi connectivity index (χ4v) is 0.710. The van der Waals surface area contributed by atoms with Crippen molar-refractivity contribution in [2.45, 2.75) is 13.2 Å². The molecule has 6 heteroatoms. The molecule has 1 aliphatic heterocycles. The number of nitrogens with one attached hydrogen (secondary N) is 1. The highest BCUT2D eigenvalue weighted by atomic mass is 16.6. The van der Waals surface area contributed by atoms with Gasteiger partial charge in [-0.05, 0) is 6.92 Å². The summed E-state index contributed by atoms with van der Waals surface area (Å²) in [5.74, 6) is -0.914. The zero-order valence-corrected chi connectivity index (χ0v) is 6.90. The molecular weight excluding hydrogens is 176 g/mol. The molecule has 0 radical (unpaired) electrons. The number of carbonyl (C=O) groups is 1. The summed E-state index contributed by atoms with van der Waals surface area (Å²) in [4.78, 5) is 11.5. The third-order valence-electron chi connectivity index (χ3n) is 1.27. The van der Waals surface area contributed by atoms with E-state index in [2.05, 4.69) is 10.8 Å². The predicted molar refractivity (Wildman–Crippen MR) is 41.1 cm³/mol. The number of hydrogen-bond acceptors (Lipinski definition) is 5. The Morgan fingerprint density at radius 3 is 3.23 bits per heavy atom. The molecule has 70 valence electrons. The summed E-state index contributed by atoms with van der Waals surface area (Å²) in [5, 5.41) is 16.4. The quantitative estimate of drug-likeness (QED) is 0.238. The van der Waals surface area contributed by atoms with Crippen LogP contribution in [0.15, 0.2) is 0 Å². The Morgan fingerprint density at radius 2 is 2.62 bits per heavy atom. The summed E-state index contributed by atoms with van der Waals surface area (Å²) in [6.07, 6.45) is 0.417. The summed E-state index contributed by atoms with van der Waals surface area (Å²) < 4.78 is 8.94. The molecule has 0 amide bonds. The van der Waals surface area contributed by atoms with Crippen LogP contribution in [-0.4, -0.2) is 34.8 Å². The number of carbonyl (C=O) groups excluding carboxylic acids is 1. The van der Waals surface area contributed by atoms with Crippen LogP contribution >= 0.6 is 0 Å². The van der Waals surface area contributed by atoms with Crippen molar-refractivity contribution in [3.8, 4) is 12.2 Å². The van der Waals surface area contributed by atoms with Gasteiger partial charge in [0, 0.05) is 0 Å². The number of ether oxygens (including phenoxy) is 2. The van der Waals surface area contributed by atoms with Crippen LogP contribution in [-0.2, 0) is 14.3 Å². The Hall–Kier alpha value is -1.74. The van der Waals surface area contributed by atoms with E-state index in [1.165, 1.54) is 0 Å². The number of aliphatic hydroxyl groups excluding tert-OH is 1. The highest BCUT2D eigenvalue weighted by molar-refractivity contribution is 5.84. The third-order valence-corrected chi connectivity index (χ3v) is 1.27. The van der Waals surface area contributed by atoms with Gasteiger partial charge in [0.05, 0.1) is 12.7 Å². The van der Waals surface area contributed by atoms with Crippen molar-refractivity contribution < 1.29 is 19.4 Å². The standard InChI is InChI=1S/C7H8N2O4/c1-2-12-7(8)9-3-4-13-6(11)5(9)10/h5,8,10H,2H2,1H3. The van der Waals surface area contributed by atoms with E-state index in [1.54, 1.807) is 6.92 Å². The number of esters is 1. The molecule has 0 fully saturated rings. The zero-order valence-electron chi connectivity index (χ0n) is 6.90. The predicted octanol–water partition coefficient (Wildman–Crippen LogP) is -0.947. The van der Waals surface area contributed by atoms with Crippen LogP contribution in [0, 0.1) is 17.6 Å². The van der Waals surface area contributed by atoms with Crippen molar-refractivity contribution in [1.29, 1.82) is 5.41 Å². The maximum absolute atomic E-state index is 10.7. The average Bonchev–Trinajstić information content (AvgIpc) is 2.10. The lowest BCUT2D eigenvalue weighted by Crippen LogP contribution is -2.45. The molecule has 0 aromatic carbocycles. The minimum atomic E-state index is -1.58. The Kier molecular flexibility index (Phi) is 2.72. The Labute approximate surface area is 74.6 Å². The van der Waals surface area contributed by atoms with E-state index in [0.717, 1.165) is 4.90 Å². The van der Waals surface area contributed by atoms with Crippen LogP contribution in [0.25, 0.3) is 0 Å². The monoisotopic (exact) mass is 184 g/mol. The van der Waals surface area contributed by atoms with Crippen molar-refractivity contribution in [2.75, 3.05) is 6.61 Å². The molecule has 2 N–H and O–H groups in total. The number of cyclic esters (lactones) is 1. The number of amidine groups is 1. The van der Waals surface area contributed by atoms with Crippen molar-refractivity contribution in [3.63, 3.8) is 0 Å². The largest absolute Gasteiger partial charge is 0.465 e. The van der Waals surface area contributed by atoms with Gasteiger partial charge in [0.1, 0.15) is 6.11 Å². The summed E-state index contributed by atoms with van der Waals surface area (Å²) in [6, 6.07) is 1.85. The molecule has 0 aromatic heterocycles. The Morgan fingerprint density at radius 1 is 1.92 bits per heavy atom. The van der Waals surface area contributed by atoms with E-state index < -0.39 is 12.2 Å². The first kappa shape index (κ1) is 9.35. The molecule has 1 rings (SSSR count). The normalized spacial score (nSPS) is 20.0. The van der Waals surface area contributed by atoms with E-state index in [9.17, 15) is 4.79 Å². The molecule has 0 aromatic rings. The van der Waals surface area contributed by atoms with Crippen molar-refractivity contribution in [3.05, 3.63) is 0 Å². The van der Waals surface area contributed by atoms with Crippen molar-refractivity contribution in [2.24, 2.45) is 0 Å². The van der Waals surface area contributed by atoms with E-state index in [0.29, 0.717) is 0 Å². The number of rotatable bonds is 1. The third kappa shape index (κ3) is 1.89. The van der Waals surface area contributed by atoms with E-state index in [1.807, 2.05) is 6.11 Å². The van der Waals surface area contributed by atoms with Gasteiger partial charge in [-0.15, -0.1) is 0 Å². The summed E-state index contributed by atoms with van der Waals surface area (Å²) in [5.41, 5.74) is 0. The molecule has 0 saturated carbocycles. The van der Waals surface area contributed by atoms with Crippen LogP contribution in [0.3, 0.4) is 0 Å². The fourth-order valence-electron chi connectivity index (χ4n) is 0.710. The SMILES string of the molecule is CCOC(=N)N1C#COC(=O)C1O. The van der Waals surface area contributed by atoms with E-state index in [4.69, 9.17) is 15.3 Å². The van der Waals surface area contributed by atoms with E-state index >= 15 is 0 Å². The van der Waals surface area contributed by atoms with Gasteiger partial charge in [0.2, 0.25) is 6.23 Å². The lowest BCUT2D eigenvalue weighted by atomic mass is 10.5. The van der Waals surface area contributed by atoms with Gasteiger partial charge in [0.25, 0.3) is 6.02 Å². The van der Waals surface area contributed by atoms with Gasteiger partial charge < -0.3 is 14.6 Å². The van der Waals surface area contributed by atoms with Crippen LogP contribution in [0.4, 0.5) is 0 Å². The molecule has 0 saturated heterocycles. The minimum absolute atomic E-state index is 0.263. The van der Waals surface area contributed by atoms with Gasteiger partial charge in [-0.2, -0.15) is 0 Å². The molecule has 6 nitrogen and oxygen atoms in total. The number of nitrogens with zero attached hydrogens (tertiary/aromatic N) is 1. The molecule has 1 unspecified atom stereocenters. The summed E-state index contributed by atoms with van der Waals surface area (Å²) in [6.45, 7) is 1.94. The summed E-state index contributed by atoms with van der Waals surface area (Å²) in [7, 11) is 0. The van der Waals surface area contributed by atoms with Crippen molar-refractivity contribution >= 4 is 12.0 Å². The molecule has 1 aliphatic rings. The average molecular weight is 184 g/mol. The first-order valence-electron chi connectivity index (χ1n) is 3.56. The molecule has 1 atom stereocenters. The highest BCUT2D eigenvalue weighted by Crippen LogP contribution is 2.03. The number of aliphatic hydroxyl groups is 1. The Bertz CT molecular complexity index is 291. The van der Waals surface area contributed by atoms with Gasteiger partial charge >= 0.3 is 5.97 Å². The van der Waals surface area contributed by atoms with Crippen LogP contribution in [0.1, 0.15) is 6.92 Å². The van der Waals surface area contributed by atoms with Crippen LogP contribution in [0.2, 0.25) is 0 Å². The molecular formula is C7H8N2O4. The first-order valence-corrected chi connectivity index (χ1v) is 3.56. The lowest BCUT2D eigenvalue weighted by Gasteiger charge is -2.22. The van der Waals surface area contributed by atoms with Gasteiger partial charge in [-0.3, -0.25) is 5.41 Å². The second-order valence-corrected chi connectivity index (χ2v) is 2.12. The molecule has 13 heavy (non-hydrogen) atoms. The summed E-state index contributed by atoms with van der Waals surface area (Å²) >= 11 is 0. The topological polar surface area (TPSA) is 82.8 Å². The molecule has 0 spiro atoms. The smallest absolute Gasteiger partial charge is 0.371 e. The molecule has 0 aliphatic carbocycles. The maximum Gasteiger partial charge on any atom is 0.371 e. The van der Waals surface area contributed by atoms with Gasteiger partial charge in [-0.25, -0.2) is 9.69 Å². The molecule has 1 heterocycles.